The van der Waals surface area contributed by atoms with Gasteiger partial charge in [0.15, 0.2) is 5.65 Å². The molecule has 0 saturated carbocycles. The summed E-state index contributed by atoms with van der Waals surface area (Å²) in [6.45, 7) is 4.51. The molecule has 0 amide bonds. The van der Waals surface area contributed by atoms with Crippen molar-refractivity contribution in [3.63, 3.8) is 0 Å². The molecule has 4 heterocycles. The Morgan fingerprint density at radius 1 is 1.33 bits per heavy atom. The summed E-state index contributed by atoms with van der Waals surface area (Å²) < 4.78 is 7.40. The van der Waals surface area contributed by atoms with Gasteiger partial charge in [-0.15, -0.1) is 11.3 Å². The molecule has 0 radical (unpaired) electrons. The molecule has 4 rings (SSSR count). The van der Waals surface area contributed by atoms with E-state index in [1.54, 1.807) is 7.11 Å². The Bertz CT molecular complexity index is 1120. The first-order chi connectivity index (χ1) is 11.6. The van der Waals surface area contributed by atoms with Crippen LogP contribution in [-0.4, -0.2) is 31.8 Å². The molecule has 4 aromatic heterocycles. The number of hydrogen-bond donors (Lipinski definition) is 2. The van der Waals surface area contributed by atoms with Gasteiger partial charge in [0.2, 0.25) is 5.62 Å². The smallest absolute Gasteiger partial charge is 0.245 e. The molecule has 122 valence electrons. The van der Waals surface area contributed by atoms with E-state index in [2.05, 4.69) is 20.1 Å². The van der Waals surface area contributed by atoms with E-state index in [-0.39, 0.29) is 5.62 Å². The van der Waals surface area contributed by atoms with Crippen molar-refractivity contribution in [3.05, 3.63) is 40.1 Å². The van der Waals surface area contributed by atoms with E-state index >= 15 is 0 Å². The number of ether oxygens (including phenoxy) is 1. The summed E-state index contributed by atoms with van der Waals surface area (Å²) in [5.74, 6) is 0.855. The molecular weight excluding hydrogens is 324 g/mol. The van der Waals surface area contributed by atoms with E-state index in [9.17, 15) is 0 Å². The quantitative estimate of drug-likeness (QED) is 0.599. The van der Waals surface area contributed by atoms with Crippen LogP contribution in [0, 0.1) is 19.3 Å². The van der Waals surface area contributed by atoms with Gasteiger partial charge in [0.25, 0.3) is 0 Å². The molecule has 0 aromatic carbocycles. The number of hydrogen-bond acceptors (Lipinski definition) is 6. The minimum atomic E-state index is 0.0192. The maximum atomic E-state index is 7.84. The fourth-order valence-electron chi connectivity index (χ4n) is 2.98. The van der Waals surface area contributed by atoms with E-state index in [0.29, 0.717) is 6.54 Å². The lowest BCUT2D eigenvalue weighted by atomic mass is 10.1. The van der Waals surface area contributed by atoms with Gasteiger partial charge in [-0.3, -0.25) is 20.2 Å². The number of aryl methyl sites for hydroxylation is 1. The highest BCUT2D eigenvalue weighted by molar-refractivity contribution is 7.16. The molecule has 0 saturated heterocycles. The predicted molar refractivity (Wildman–Crippen MR) is 92.5 cm³/mol. The fourth-order valence-corrected chi connectivity index (χ4v) is 3.77. The van der Waals surface area contributed by atoms with Crippen molar-refractivity contribution < 1.29 is 4.74 Å². The molecule has 2 N–H and O–H groups in total. The average molecular weight is 340 g/mol. The Labute approximate surface area is 141 Å². The first kappa shape index (κ1) is 14.8. The molecule has 0 bridgehead atoms. The number of pyridine rings is 1. The summed E-state index contributed by atoms with van der Waals surface area (Å²) in [5, 5.41) is 14.1. The van der Waals surface area contributed by atoms with Crippen LogP contribution in [-0.2, 0) is 6.54 Å². The second kappa shape index (κ2) is 5.41. The molecule has 4 aromatic rings. The standard InChI is InChI=1S/C16H16N6OS/c1-8-6-18-11(9(2)13(8)23-3)7-22-14-12-10(21-22)4-5-24-15(12)20-16(17)19-14/h4-6,17,21H,7H2,1-3H3. The molecule has 0 aliphatic heterocycles. The fraction of sp³-hybridized carbons (Fsp3) is 0.250. The minimum Gasteiger partial charge on any atom is -0.496 e. The zero-order valence-corrected chi connectivity index (χ0v) is 14.4. The van der Waals surface area contributed by atoms with E-state index in [4.69, 9.17) is 10.1 Å². The van der Waals surface area contributed by atoms with Crippen molar-refractivity contribution in [1.82, 2.24) is 24.7 Å². The second-order valence-electron chi connectivity index (χ2n) is 5.63. The monoisotopic (exact) mass is 340 g/mol. The molecule has 24 heavy (non-hydrogen) atoms. The van der Waals surface area contributed by atoms with Gasteiger partial charge in [-0.2, -0.15) is 4.98 Å². The highest BCUT2D eigenvalue weighted by atomic mass is 32.1. The van der Waals surface area contributed by atoms with Crippen molar-refractivity contribution in [2.75, 3.05) is 7.11 Å². The molecule has 7 nitrogen and oxygen atoms in total. The van der Waals surface area contributed by atoms with Crippen LogP contribution in [0.15, 0.2) is 17.6 Å². The van der Waals surface area contributed by atoms with Crippen molar-refractivity contribution in [3.8, 4) is 5.75 Å². The lowest BCUT2D eigenvalue weighted by molar-refractivity contribution is 0.406. The lowest BCUT2D eigenvalue weighted by Gasteiger charge is -2.12. The van der Waals surface area contributed by atoms with Gasteiger partial charge < -0.3 is 4.74 Å². The SMILES string of the molecule is COc1c(C)cnc(Cn2[nH]c3ccsc4nc(=N)nc2c34)c1C. The number of nitrogens with one attached hydrogen (secondary N) is 2. The van der Waals surface area contributed by atoms with E-state index < -0.39 is 0 Å². The van der Waals surface area contributed by atoms with Crippen LogP contribution in [0.1, 0.15) is 16.8 Å². The third-order valence-electron chi connectivity index (χ3n) is 4.11. The Morgan fingerprint density at radius 3 is 2.96 bits per heavy atom. The summed E-state index contributed by atoms with van der Waals surface area (Å²) in [4.78, 5) is 13.9. The first-order valence-corrected chi connectivity index (χ1v) is 8.34. The van der Waals surface area contributed by atoms with Gasteiger partial charge in [-0.05, 0) is 25.3 Å². The predicted octanol–water partition coefficient (Wildman–Crippen LogP) is 2.52. The Morgan fingerprint density at radius 2 is 2.17 bits per heavy atom. The van der Waals surface area contributed by atoms with E-state index in [1.807, 2.05) is 36.2 Å². The Hall–Kier alpha value is -2.74. The van der Waals surface area contributed by atoms with Gasteiger partial charge in [0.1, 0.15) is 10.6 Å². The molecular formula is C16H16N6OS. The van der Waals surface area contributed by atoms with Crippen LogP contribution in [0.4, 0.5) is 0 Å². The van der Waals surface area contributed by atoms with Crippen molar-refractivity contribution >= 4 is 32.7 Å². The number of rotatable bonds is 3. The number of aromatic amines is 1. The van der Waals surface area contributed by atoms with Crippen molar-refractivity contribution in [2.45, 2.75) is 20.4 Å². The molecule has 0 aliphatic carbocycles. The second-order valence-corrected chi connectivity index (χ2v) is 6.52. The van der Waals surface area contributed by atoms with Crippen LogP contribution in [0.25, 0.3) is 21.4 Å². The molecule has 0 spiro atoms. The lowest BCUT2D eigenvalue weighted by Crippen LogP contribution is -2.13. The average Bonchev–Trinajstić information content (AvgIpc) is 2.90. The van der Waals surface area contributed by atoms with Crippen LogP contribution in [0.2, 0.25) is 0 Å². The van der Waals surface area contributed by atoms with Crippen LogP contribution in [0.3, 0.4) is 0 Å². The summed E-state index contributed by atoms with van der Waals surface area (Å²) in [6.07, 6.45) is 1.82. The van der Waals surface area contributed by atoms with Gasteiger partial charge in [-0.1, -0.05) is 0 Å². The first-order valence-electron chi connectivity index (χ1n) is 7.46. The zero-order valence-electron chi connectivity index (χ0n) is 13.5. The Kier molecular flexibility index (Phi) is 3.34. The summed E-state index contributed by atoms with van der Waals surface area (Å²) in [5.41, 5.74) is 4.61. The molecule has 0 atom stereocenters. The maximum Gasteiger partial charge on any atom is 0.245 e. The summed E-state index contributed by atoms with van der Waals surface area (Å²) in [7, 11) is 1.67. The third-order valence-corrected chi connectivity index (χ3v) is 4.90. The largest absolute Gasteiger partial charge is 0.496 e. The number of nitrogens with zero attached hydrogens (tertiary/aromatic N) is 4. The van der Waals surface area contributed by atoms with Crippen LogP contribution in [0.5, 0.6) is 5.75 Å². The topological polar surface area (TPSA) is 92.5 Å². The summed E-state index contributed by atoms with van der Waals surface area (Å²) in [6, 6.07) is 2.00. The van der Waals surface area contributed by atoms with Crippen molar-refractivity contribution in [1.29, 1.82) is 5.41 Å². The zero-order chi connectivity index (χ0) is 16.8. The molecule has 0 fully saturated rings. The van der Waals surface area contributed by atoms with Gasteiger partial charge in [0, 0.05) is 17.3 Å². The van der Waals surface area contributed by atoms with E-state index in [1.165, 1.54) is 11.3 Å². The van der Waals surface area contributed by atoms with Gasteiger partial charge in [-0.25, -0.2) is 4.98 Å². The number of aromatic nitrogens is 5. The van der Waals surface area contributed by atoms with Crippen LogP contribution >= 0.6 is 11.3 Å². The summed E-state index contributed by atoms with van der Waals surface area (Å²) >= 11 is 1.51. The normalized spacial score (nSPS) is 11.5. The Balaban J connectivity index is 1.91. The van der Waals surface area contributed by atoms with E-state index in [0.717, 1.165) is 44.0 Å². The minimum absolute atomic E-state index is 0.0192. The highest BCUT2D eigenvalue weighted by Gasteiger charge is 2.15. The van der Waals surface area contributed by atoms with Crippen molar-refractivity contribution in [2.24, 2.45) is 0 Å². The van der Waals surface area contributed by atoms with Crippen LogP contribution < -0.4 is 10.4 Å². The molecule has 0 aliphatic rings. The molecule has 8 heteroatoms. The van der Waals surface area contributed by atoms with Gasteiger partial charge >= 0.3 is 0 Å². The van der Waals surface area contributed by atoms with Gasteiger partial charge in [0.05, 0.1) is 30.3 Å². The number of methoxy groups -OCH3 is 1. The molecule has 0 unspecified atom stereocenters. The number of H-pyrrole nitrogens is 1. The third kappa shape index (κ3) is 2.18. The maximum absolute atomic E-state index is 7.84. The highest BCUT2D eigenvalue weighted by Crippen LogP contribution is 2.27.